The van der Waals surface area contributed by atoms with Crippen LogP contribution in [0.25, 0.3) is 0 Å². The number of methoxy groups -OCH3 is 1. The third kappa shape index (κ3) is 3.05. The third-order valence-corrected chi connectivity index (χ3v) is 6.15. The fraction of sp³-hybridized carbons (Fsp3) is 0.176. The van der Waals surface area contributed by atoms with Crippen LogP contribution in [0.4, 0.5) is 11.4 Å². The summed E-state index contributed by atoms with van der Waals surface area (Å²) in [5.41, 5.74) is -0.141. The molecule has 1 aliphatic rings. The van der Waals surface area contributed by atoms with Crippen LogP contribution in [0, 0.1) is 10.1 Å². The second kappa shape index (κ2) is 6.93. The molecule has 0 aromatic heterocycles. The highest BCUT2D eigenvalue weighted by Crippen LogP contribution is 2.33. The molecule has 1 atom stereocenters. The summed E-state index contributed by atoms with van der Waals surface area (Å²) in [4.78, 5) is 35.2. The van der Waals surface area contributed by atoms with Gasteiger partial charge in [0, 0.05) is 6.07 Å². The molecule has 0 unspecified atom stereocenters. The summed E-state index contributed by atoms with van der Waals surface area (Å²) < 4.78 is 30.9. The van der Waals surface area contributed by atoms with E-state index in [4.69, 9.17) is 4.74 Å². The topological polar surface area (TPSA) is 136 Å². The molecule has 0 spiro atoms. The van der Waals surface area contributed by atoms with E-state index in [-0.39, 0.29) is 27.6 Å². The number of anilines is 1. The minimum Gasteiger partial charge on any atom is -0.494 e. The van der Waals surface area contributed by atoms with Crippen molar-refractivity contribution in [3.8, 4) is 5.75 Å². The van der Waals surface area contributed by atoms with Gasteiger partial charge in [-0.05, 0) is 25.1 Å². The number of carbonyl (C=O) groups excluding carboxylic acids is 2. The van der Waals surface area contributed by atoms with Gasteiger partial charge in [-0.2, -0.15) is 0 Å². The maximum atomic E-state index is 12.7. The van der Waals surface area contributed by atoms with Gasteiger partial charge in [0.15, 0.2) is 0 Å². The molecular weight excluding hydrogens is 390 g/mol. The van der Waals surface area contributed by atoms with Crippen LogP contribution in [0.15, 0.2) is 47.4 Å². The Balaban J connectivity index is 1.89. The molecule has 0 bridgehead atoms. The molecule has 0 saturated heterocycles. The Morgan fingerprint density at radius 2 is 1.93 bits per heavy atom. The zero-order valence-corrected chi connectivity index (χ0v) is 15.6. The van der Waals surface area contributed by atoms with Crippen LogP contribution in [0.2, 0.25) is 0 Å². The van der Waals surface area contributed by atoms with E-state index in [1.165, 1.54) is 44.4 Å². The molecule has 3 rings (SSSR count). The number of nitrogens with zero attached hydrogens (tertiary/aromatic N) is 2. The highest BCUT2D eigenvalue weighted by atomic mass is 32.2. The minimum absolute atomic E-state index is 0.00457. The molecule has 0 aliphatic carbocycles. The molecule has 2 aromatic rings. The fourth-order valence-corrected chi connectivity index (χ4v) is 4.55. The van der Waals surface area contributed by atoms with E-state index in [0.29, 0.717) is 4.31 Å². The van der Waals surface area contributed by atoms with Crippen LogP contribution in [0.3, 0.4) is 0 Å². The Kier molecular flexibility index (Phi) is 4.77. The Morgan fingerprint density at radius 1 is 1.25 bits per heavy atom. The number of hydrogen-bond acceptors (Lipinski definition) is 7. The van der Waals surface area contributed by atoms with Gasteiger partial charge in [0.05, 0.1) is 29.4 Å². The van der Waals surface area contributed by atoms with Crippen LogP contribution in [0.1, 0.15) is 17.3 Å². The molecule has 1 heterocycles. The lowest BCUT2D eigenvalue weighted by molar-refractivity contribution is -0.384. The van der Waals surface area contributed by atoms with E-state index in [1.54, 1.807) is 0 Å². The maximum Gasteiger partial charge on any atom is 0.273 e. The van der Waals surface area contributed by atoms with Crippen molar-refractivity contribution >= 4 is 33.2 Å². The number of nitro groups is 1. The molecule has 146 valence electrons. The SMILES string of the molecule is COc1cc([N+](=O)[O-])ccc1NC(=O)[C@@H](C)N1C(=O)c2ccccc2S1(=O)=O. The van der Waals surface area contributed by atoms with Crippen LogP contribution in [-0.2, 0) is 14.8 Å². The molecule has 10 nitrogen and oxygen atoms in total. The third-order valence-electron chi connectivity index (χ3n) is 4.24. The molecule has 11 heteroatoms. The number of amides is 2. The van der Waals surface area contributed by atoms with Crippen molar-refractivity contribution in [1.82, 2.24) is 4.31 Å². The van der Waals surface area contributed by atoms with Gasteiger partial charge in [-0.1, -0.05) is 12.1 Å². The highest BCUT2D eigenvalue weighted by molar-refractivity contribution is 7.90. The minimum atomic E-state index is -4.16. The smallest absolute Gasteiger partial charge is 0.273 e. The van der Waals surface area contributed by atoms with Crippen LogP contribution >= 0.6 is 0 Å². The van der Waals surface area contributed by atoms with E-state index in [0.717, 1.165) is 12.1 Å². The number of benzene rings is 2. The van der Waals surface area contributed by atoms with Gasteiger partial charge < -0.3 is 10.1 Å². The van der Waals surface area contributed by atoms with Crippen molar-refractivity contribution in [2.75, 3.05) is 12.4 Å². The molecular formula is C17H15N3O7S. The number of non-ortho nitro benzene ring substituents is 1. The first-order valence-corrected chi connectivity index (χ1v) is 9.43. The lowest BCUT2D eigenvalue weighted by Crippen LogP contribution is -2.45. The molecule has 2 aromatic carbocycles. The maximum absolute atomic E-state index is 12.7. The second-order valence-electron chi connectivity index (χ2n) is 5.91. The van der Waals surface area contributed by atoms with E-state index >= 15 is 0 Å². The normalized spacial score (nSPS) is 15.6. The molecule has 0 radical (unpaired) electrons. The van der Waals surface area contributed by atoms with E-state index in [2.05, 4.69) is 5.32 Å². The average molecular weight is 405 g/mol. The summed E-state index contributed by atoms with van der Waals surface area (Å²) in [7, 11) is -2.90. The Hall–Kier alpha value is -3.47. The summed E-state index contributed by atoms with van der Waals surface area (Å²) in [6.07, 6.45) is 0. The number of carbonyl (C=O) groups is 2. The van der Waals surface area contributed by atoms with E-state index in [9.17, 15) is 28.1 Å². The number of rotatable bonds is 5. The standard InChI is InChI=1S/C17H15N3O7S/c1-10(19-17(22)12-5-3-4-6-15(12)28(19,25)26)16(21)18-13-8-7-11(20(23)24)9-14(13)27-2/h3-10H,1-2H3,(H,18,21)/t10-/m1/s1. The summed E-state index contributed by atoms with van der Waals surface area (Å²) in [6.45, 7) is 1.27. The summed E-state index contributed by atoms with van der Waals surface area (Å²) in [5, 5.41) is 13.3. The van der Waals surface area contributed by atoms with Gasteiger partial charge in [0.1, 0.15) is 16.7 Å². The first-order valence-electron chi connectivity index (χ1n) is 7.99. The Labute approximate surface area is 159 Å². The van der Waals surface area contributed by atoms with Gasteiger partial charge in [0.2, 0.25) is 5.91 Å². The number of nitro benzene ring substituents is 1. The predicted molar refractivity (Wildman–Crippen MR) is 97.5 cm³/mol. The molecule has 0 fully saturated rings. The van der Waals surface area contributed by atoms with Gasteiger partial charge in [0.25, 0.3) is 21.6 Å². The Bertz CT molecular complexity index is 1100. The van der Waals surface area contributed by atoms with Crippen molar-refractivity contribution in [3.63, 3.8) is 0 Å². The van der Waals surface area contributed by atoms with Crippen molar-refractivity contribution in [3.05, 3.63) is 58.1 Å². The van der Waals surface area contributed by atoms with Gasteiger partial charge in [-0.3, -0.25) is 19.7 Å². The van der Waals surface area contributed by atoms with Crippen LogP contribution in [0.5, 0.6) is 5.75 Å². The fourth-order valence-electron chi connectivity index (χ4n) is 2.83. The van der Waals surface area contributed by atoms with Crippen molar-refractivity contribution in [1.29, 1.82) is 0 Å². The van der Waals surface area contributed by atoms with Crippen LogP contribution in [-0.4, -0.2) is 42.6 Å². The number of ether oxygens (including phenoxy) is 1. The van der Waals surface area contributed by atoms with E-state index < -0.39 is 32.8 Å². The number of nitrogens with one attached hydrogen (secondary N) is 1. The number of fused-ring (bicyclic) bond motifs is 1. The lowest BCUT2D eigenvalue weighted by atomic mass is 10.2. The number of hydrogen-bond donors (Lipinski definition) is 1. The first kappa shape index (κ1) is 19.3. The van der Waals surface area contributed by atoms with Crippen molar-refractivity contribution in [2.24, 2.45) is 0 Å². The van der Waals surface area contributed by atoms with Crippen molar-refractivity contribution < 1.29 is 27.7 Å². The van der Waals surface area contributed by atoms with E-state index in [1.807, 2.05) is 0 Å². The summed E-state index contributed by atoms with van der Waals surface area (Å²) in [5.74, 6) is -1.57. The summed E-state index contributed by atoms with van der Waals surface area (Å²) in [6, 6.07) is 7.87. The highest BCUT2D eigenvalue weighted by Gasteiger charge is 2.45. The zero-order valence-electron chi connectivity index (χ0n) is 14.8. The molecule has 1 aliphatic heterocycles. The summed E-state index contributed by atoms with van der Waals surface area (Å²) >= 11 is 0. The van der Waals surface area contributed by atoms with Crippen molar-refractivity contribution in [2.45, 2.75) is 17.9 Å². The quantitative estimate of drug-likeness (QED) is 0.591. The second-order valence-corrected chi connectivity index (χ2v) is 7.69. The largest absolute Gasteiger partial charge is 0.494 e. The molecule has 0 saturated carbocycles. The van der Waals surface area contributed by atoms with Crippen LogP contribution < -0.4 is 10.1 Å². The number of sulfonamides is 1. The average Bonchev–Trinajstić information content (AvgIpc) is 2.87. The molecule has 2 amide bonds. The lowest BCUT2D eigenvalue weighted by Gasteiger charge is -2.22. The molecule has 28 heavy (non-hydrogen) atoms. The van der Waals surface area contributed by atoms with Gasteiger partial charge in [-0.25, -0.2) is 12.7 Å². The zero-order chi connectivity index (χ0) is 20.6. The predicted octanol–water partition coefficient (Wildman–Crippen LogP) is 1.78. The monoisotopic (exact) mass is 405 g/mol. The Morgan fingerprint density at radius 3 is 2.54 bits per heavy atom. The van der Waals surface area contributed by atoms with Gasteiger partial charge >= 0.3 is 0 Å². The van der Waals surface area contributed by atoms with Gasteiger partial charge in [-0.15, -0.1) is 0 Å². The molecule has 1 N–H and O–H groups in total. The first-order chi connectivity index (χ1) is 13.2.